The summed E-state index contributed by atoms with van der Waals surface area (Å²) in [4.78, 5) is 38.0. The molecule has 0 N–H and O–H groups in total. The number of Topliss-reactive ketones (excluding diaryl/α,β-unsaturated/α-hetero) is 2. The topological polar surface area (TPSA) is 65.4 Å². The van der Waals surface area contributed by atoms with Crippen LogP contribution in [0.2, 0.25) is 0 Å². The van der Waals surface area contributed by atoms with Gasteiger partial charge < -0.3 is 9.30 Å². The smallest absolute Gasteiger partial charge is 0.384 e. The SMILES string of the molecule is C=CCn1c2ccc(C(=O)/C(C)=C(/C)OC(=O)C(=O)c3ccccc3)c(C)c2c2cc(F)cc(F)c21. The van der Waals surface area contributed by atoms with Crippen LogP contribution in [0.5, 0.6) is 0 Å². The Morgan fingerprint density at radius 2 is 1.69 bits per heavy atom. The van der Waals surface area contributed by atoms with Crippen LogP contribution in [0.3, 0.4) is 0 Å². The summed E-state index contributed by atoms with van der Waals surface area (Å²) in [6.45, 7) is 8.62. The number of esters is 1. The van der Waals surface area contributed by atoms with Crippen molar-refractivity contribution in [1.29, 1.82) is 0 Å². The number of hydrogen-bond donors (Lipinski definition) is 0. The molecule has 0 bridgehead atoms. The Kier molecular flexibility index (Phi) is 6.66. The van der Waals surface area contributed by atoms with Crippen LogP contribution in [0, 0.1) is 18.6 Å². The Hall–Kier alpha value is -4.39. The standard InChI is InChI=1S/C29H23F2NO4/c1-5-13-32-24-12-11-21(17(3)25(24)22-14-20(30)15-23(31)26(22)32)27(33)16(2)18(4)36-29(35)28(34)19-9-7-6-8-10-19/h5-12,14-15H,1,13H2,2-4H3/b18-16-. The molecule has 0 aliphatic carbocycles. The van der Waals surface area contributed by atoms with Gasteiger partial charge in [-0.1, -0.05) is 36.4 Å². The van der Waals surface area contributed by atoms with E-state index in [0.717, 1.165) is 6.07 Å². The highest BCUT2D eigenvalue weighted by Crippen LogP contribution is 2.35. The van der Waals surface area contributed by atoms with E-state index in [1.165, 1.54) is 32.0 Å². The first-order chi connectivity index (χ1) is 17.1. The van der Waals surface area contributed by atoms with Crippen molar-refractivity contribution in [3.8, 4) is 0 Å². The predicted molar refractivity (Wildman–Crippen MR) is 134 cm³/mol. The van der Waals surface area contributed by atoms with Crippen molar-refractivity contribution in [2.75, 3.05) is 0 Å². The Morgan fingerprint density at radius 1 is 1.00 bits per heavy atom. The molecule has 0 fully saturated rings. The summed E-state index contributed by atoms with van der Waals surface area (Å²) in [5.41, 5.74) is 1.95. The Morgan fingerprint density at radius 3 is 2.36 bits per heavy atom. The molecule has 4 aromatic rings. The Balaban J connectivity index is 1.76. The number of aromatic nitrogens is 1. The van der Waals surface area contributed by atoms with Gasteiger partial charge in [-0.15, -0.1) is 6.58 Å². The van der Waals surface area contributed by atoms with Gasteiger partial charge in [0.2, 0.25) is 0 Å². The second-order valence-corrected chi connectivity index (χ2v) is 8.41. The third-order valence-electron chi connectivity index (χ3n) is 6.19. The summed E-state index contributed by atoms with van der Waals surface area (Å²) in [5, 5.41) is 0.882. The molecule has 0 aliphatic rings. The minimum absolute atomic E-state index is 0.0139. The zero-order valence-electron chi connectivity index (χ0n) is 20.0. The molecular formula is C29H23F2NO4. The highest BCUT2D eigenvalue weighted by Gasteiger charge is 2.24. The summed E-state index contributed by atoms with van der Waals surface area (Å²) >= 11 is 0. The fraction of sp³-hybridized carbons (Fsp3) is 0.138. The average Bonchev–Trinajstić information content (AvgIpc) is 3.17. The average molecular weight is 488 g/mol. The van der Waals surface area contributed by atoms with Crippen LogP contribution in [0.15, 0.2) is 78.6 Å². The van der Waals surface area contributed by atoms with Gasteiger partial charge in [0.05, 0.1) is 5.52 Å². The molecule has 4 rings (SSSR count). The van der Waals surface area contributed by atoms with Crippen molar-refractivity contribution < 1.29 is 27.9 Å². The molecule has 1 heterocycles. The van der Waals surface area contributed by atoms with Crippen molar-refractivity contribution >= 4 is 39.3 Å². The van der Waals surface area contributed by atoms with E-state index in [1.807, 2.05) is 0 Å². The molecule has 0 spiro atoms. The first-order valence-electron chi connectivity index (χ1n) is 11.2. The second kappa shape index (κ2) is 9.70. The van der Waals surface area contributed by atoms with E-state index < -0.39 is 29.2 Å². The van der Waals surface area contributed by atoms with Crippen molar-refractivity contribution in [3.63, 3.8) is 0 Å². The molecule has 36 heavy (non-hydrogen) atoms. The molecule has 0 atom stereocenters. The van der Waals surface area contributed by atoms with E-state index in [2.05, 4.69) is 6.58 Å². The Bertz CT molecular complexity index is 1600. The molecule has 1 aromatic heterocycles. The molecule has 3 aromatic carbocycles. The zero-order valence-corrected chi connectivity index (χ0v) is 20.0. The molecule has 5 nitrogen and oxygen atoms in total. The minimum Gasteiger partial charge on any atom is -0.425 e. The molecule has 0 amide bonds. The number of fused-ring (bicyclic) bond motifs is 3. The van der Waals surface area contributed by atoms with Crippen LogP contribution in [0.25, 0.3) is 21.8 Å². The zero-order chi connectivity index (χ0) is 26.1. The van der Waals surface area contributed by atoms with E-state index in [4.69, 9.17) is 4.74 Å². The number of nitrogens with zero attached hydrogens (tertiary/aromatic N) is 1. The van der Waals surface area contributed by atoms with E-state index in [1.54, 1.807) is 47.9 Å². The fourth-order valence-electron chi connectivity index (χ4n) is 4.31. The summed E-state index contributed by atoms with van der Waals surface area (Å²) in [6, 6.07) is 13.3. The lowest BCUT2D eigenvalue weighted by molar-refractivity contribution is -0.134. The monoisotopic (exact) mass is 487 g/mol. The van der Waals surface area contributed by atoms with E-state index in [9.17, 15) is 23.2 Å². The van der Waals surface area contributed by atoms with E-state index >= 15 is 0 Å². The number of rotatable bonds is 7. The molecule has 182 valence electrons. The van der Waals surface area contributed by atoms with Gasteiger partial charge >= 0.3 is 5.97 Å². The number of aryl methyl sites for hydroxylation is 1. The van der Waals surface area contributed by atoms with Gasteiger partial charge in [0.15, 0.2) is 5.78 Å². The number of halogens is 2. The fourth-order valence-corrected chi connectivity index (χ4v) is 4.31. The van der Waals surface area contributed by atoms with Gasteiger partial charge in [-0.2, -0.15) is 0 Å². The highest BCUT2D eigenvalue weighted by atomic mass is 19.1. The molecule has 7 heteroatoms. The Labute approximate surface area is 206 Å². The number of carbonyl (C=O) groups is 3. The lowest BCUT2D eigenvalue weighted by Crippen LogP contribution is -2.18. The van der Waals surface area contributed by atoms with Gasteiger partial charge in [0.25, 0.3) is 5.78 Å². The summed E-state index contributed by atoms with van der Waals surface area (Å²) in [7, 11) is 0. The number of hydrogen-bond acceptors (Lipinski definition) is 4. The van der Waals surface area contributed by atoms with Gasteiger partial charge in [0, 0.05) is 45.6 Å². The third kappa shape index (κ3) is 4.24. The second-order valence-electron chi connectivity index (χ2n) is 8.41. The maximum Gasteiger partial charge on any atom is 0.384 e. The number of ketones is 2. The molecule has 0 unspecified atom stereocenters. The molecule has 0 saturated carbocycles. The van der Waals surface area contributed by atoms with Gasteiger partial charge in [0.1, 0.15) is 17.4 Å². The highest BCUT2D eigenvalue weighted by molar-refractivity contribution is 6.40. The predicted octanol–water partition coefficient (Wildman–Crippen LogP) is 6.47. The molecule has 0 saturated heterocycles. The lowest BCUT2D eigenvalue weighted by atomic mass is 9.95. The van der Waals surface area contributed by atoms with Crippen LogP contribution < -0.4 is 0 Å². The van der Waals surface area contributed by atoms with Crippen molar-refractivity contribution in [3.05, 3.63) is 107 Å². The number of benzene rings is 3. The van der Waals surface area contributed by atoms with Crippen LogP contribution in [0.4, 0.5) is 8.78 Å². The van der Waals surface area contributed by atoms with E-state index in [-0.39, 0.29) is 28.0 Å². The number of ether oxygens (including phenoxy) is 1. The van der Waals surface area contributed by atoms with Crippen molar-refractivity contribution in [1.82, 2.24) is 4.57 Å². The van der Waals surface area contributed by atoms with Gasteiger partial charge in [-0.3, -0.25) is 9.59 Å². The first-order valence-corrected chi connectivity index (χ1v) is 11.2. The maximum atomic E-state index is 14.8. The van der Waals surface area contributed by atoms with Gasteiger partial charge in [-0.05, 0) is 44.5 Å². The summed E-state index contributed by atoms with van der Waals surface area (Å²) < 4.78 is 35.8. The summed E-state index contributed by atoms with van der Waals surface area (Å²) in [5.74, 6) is -3.82. The van der Waals surface area contributed by atoms with Crippen molar-refractivity contribution in [2.24, 2.45) is 0 Å². The molecule has 0 radical (unpaired) electrons. The normalized spacial score (nSPS) is 11.9. The van der Waals surface area contributed by atoms with Crippen LogP contribution in [-0.4, -0.2) is 22.1 Å². The first kappa shape index (κ1) is 24.7. The third-order valence-corrected chi connectivity index (χ3v) is 6.19. The lowest BCUT2D eigenvalue weighted by Gasteiger charge is -2.11. The van der Waals surface area contributed by atoms with Gasteiger partial charge in [-0.25, -0.2) is 13.6 Å². The minimum atomic E-state index is -1.10. The van der Waals surface area contributed by atoms with Crippen LogP contribution in [-0.2, 0) is 16.1 Å². The number of allylic oxidation sites excluding steroid dienone is 3. The number of carbonyl (C=O) groups excluding carboxylic acids is 3. The van der Waals surface area contributed by atoms with Crippen molar-refractivity contribution in [2.45, 2.75) is 27.3 Å². The maximum absolute atomic E-state index is 14.8. The van der Waals surface area contributed by atoms with E-state index in [0.29, 0.717) is 28.4 Å². The quantitative estimate of drug-likeness (QED) is 0.0748. The summed E-state index contributed by atoms with van der Waals surface area (Å²) in [6.07, 6.45) is 1.61. The van der Waals surface area contributed by atoms with Crippen LogP contribution >= 0.6 is 0 Å². The molecule has 0 aliphatic heterocycles. The molecular weight excluding hydrogens is 464 g/mol. The van der Waals surface area contributed by atoms with Crippen LogP contribution in [0.1, 0.15) is 40.1 Å². The largest absolute Gasteiger partial charge is 0.425 e.